The van der Waals surface area contributed by atoms with Crippen molar-refractivity contribution >= 4 is 6.34 Å². The molecule has 0 saturated heterocycles. The van der Waals surface area contributed by atoms with Gasteiger partial charge in [-0.3, -0.25) is 0 Å². The van der Waals surface area contributed by atoms with Crippen molar-refractivity contribution in [2.24, 2.45) is 10.9 Å². The number of hydrogen-bond donors (Lipinski definition) is 0. The smallest absolute Gasteiger partial charge is 0.0914 e. The third-order valence-corrected chi connectivity index (χ3v) is 3.14. The highest BCUT2D eigenvalue weighted by atomic mass is 16.5. The maximum Gasteiger partial charge on any atom is 0.0914 e. The average molecular weight is 280 g/mol. The molecule has 0 aliphatic carbocycles. The lowest BCUT2D eigenvalue weighted by atomic mass is 9.92. The van der Waals surface area contributed by atoms with E-state index in [1.54, 1.807) is 26.6 Å². The van der Waals surface area contributed by atoms with E-state index in [2.05, 4.69) is 31.7 Å². The summed E-state index contributed by atoms with van der Waals surface area (Å²) in [5, 5.41) is 0. The predicted octanol–water partition coefficient (Wildman–Crippen LogP) is 2.89. The molecule has 0 saturated carbocycles. The maximum atomic E-state index is 5.20. The average Bonchev–Trinajstić information content (AvgIpc) is 2.42. The Bertz CT molecular complexity index is 350. The minimum atomic E-state index is 0.145. The molecule has 0 spiro atoms. The first-order chi connectivity index (χ1) is 9.47. The standard InChI is InChI=1S/C16H28N2O2/c1-8-15(4)17-12-18(5)16(14(3)11-20-7)13(2)9-10-19-6/h8,12-13,16H,1,3-4,9-11H2,2,5-7H3/b17-12-. The van der Waals surface area contributed by atoms with E-state index in [0.717, 1.165) is 18.6 Å². The Balaban J connectivity index is 4.90. The van der Waals surface area contributed by atoms with Crippen molar-refractivity contribution < 1.29 is 9.47 Å². The monoisotopic (exact) mass is 280 g/mol. The molecule has 0 N–H and O–H groups in total. The number of rotatable bonds is 11. The number of ether oxygens (including phenoxy) is 2. The number of hydrogen-bond acceptors (Lipinski definition) is 3. The van der Waals surface area contributed by atoms with Crippen molar-refractivity contribution in [3.8, 4) is 0 Å². The Hall–Kier alpha value is -1.39. The van der Waals surface area contributed by atoms with Crippen LogP contribution in [0.15, 0.2) is 42.1 Å². The lowest BCUT2D eigenvalue weighted by Gasteiger charge is -2.33. The summed E-state index contributed by atoms with van der Waals surface area (Å²) in [6, 6.07) is 0.145. The van der Waals surface area contributed by atoms with Gasteiger partial charge in [-0.25, -0.2) is 4.99 Å². The number of likely N-dealkylation sites (N-methyl/N-ethyl adjacent to an activating group) is 1. The number of nitrogens with zero attached hydrogens (tertiary/aromatic N) is 2. The van der Waals surface area contributed by atoms with Crippen LogP contribution in [0.4, 0.5) is 0 Å². The molecule has 2 atom stereocenters. The zero-order valence-electron chi connectivity index (χ0n) is 13.3. The first-order valence-electron chi connectivity index (χ1n) is 6.70. The van der Waals surface area contributed by atoms with Gasteiger partial charge < -0.3 is 14.4 Å². The molecule has 0 aliphatic heterocycles. The first-order valence-corrected chi connectivity index (χ1v) is 6.70. The van der Waals surface area contributed by atoms with E-state index >= 15 is 0 Å². The summed E-state index contributed by atoms with van der Waals surface area (Å²) in [6.45, 7) is 15.0. The highest BCUT2D eigenvalue weighted by molar-refractivity contribution is 5.58. The topological polar surface area (TPSA) is 34.1 Å². The van der Waals surface area contributed by atoms with Gasteiger partial charge >= 0.3 is 0 Å². The summed E-state index contributed by atoms with van der Waals surface area (Å²) in [7, 11) is 5.37. The molecule has 2 unspecified atom stereocenters. The highest BCUT2D eigenvalue weighted by Gasteiger charge is 2.23. The fraction of sp³-hybridized carbons (Fsp3) is 0.562. The first kappa shape index (κ1) is 18.6. The fourth-order valence-electron chi connectivity index (χ4n) is 2.11. The van der Waals surface area contributed by atoms with E-state index in [1.165, 1.54) is 0 Å². The molecule has 20 heavy (non-hydrogen) atoms. The van der Waals surface area contributed by atoms with E-state index < -0.39 is 0 Å². The second kappa shape index (κ2) is 10.4. The van der Waals surface area contributed by atoms with E-state index in [1.807, 2.05) is 11.9 Å². The van der Waals surface area contributed by atoms with Gasteiger partial charge in [0.1, 0.15) is 0 Å². The summed E-state index contributed by atoms with van der Waals surface area (Å²) in [6.07, 6.45) is 4.33. The number of allylic oxidation sites excluding steroid dienone is 1. The van der Waals surface area contributed by atoms with Gasteiger partial charge in [-0.05, 0) is 24.0 Å². The van der Waals surface area contributed by atoms with Gasteiger partial charge in [-0.1, -0.05) is 26.7 Å². The van der Waals surface area contributed by atoms with Crippen molar-refractivity contribution in [1.29, 1.82) is 0 Å². The third-order valence-electron chi connectivity index (χ3n) is 3.14. The fourth-order valence-corrected chi connectivity index (χ4v) is 2.11. The molecular formula is C16H28N2O2. The quantitative estimate of drug-likeness (QED) is 0.252. The Morgan fingerprint density at radius 3 is 2.45 bits per heavy atom. The van der Waals surface area contributed by atoms with Crippen LogP contribution < -0.4 is 0 Å². The van der Waals surface area contributed by atoms with E-state index in [9.17, 15) is 0 Å². The lowest BCUT2D eigenvalue weighted by Crippen LogP contribution is -2.39. The maximum absolute atomic E-state index is 5.20. The minimum Gasteiger partial charge on any atom is -0.385 e. The van der Waals surface area contributed by atoms with Gasteiger partial charge in [0, 0.05) is 27.9 Å². The van der Waals surface area contributed by atoms with Crippen LogP contribution in [-0.4, -0.2) is 51.8 Å². The van der Waals surface area contributed by atoms with Crippen molar-refractivity contribution in [3.63, 3.8) is 0 Å². The summed E-state index contributed by atoms with van der Waals surface area (Å²) in [4.78, 5) is 6.28. The summed E-state index contributed by atoms with van der Waals surface area (Å²) in [5.41, 5.74) is 1.66. The van der Waals surface area contributed by atoms with Crippen LogP contribution in [0.1, 0.15) is 13.3 Å². The van der Waals surface area contributed by atoms with Gasteiger partial charge in [-0.15, -0.1) is 0 Å². The molecule has 0 fully saturated rings. The molecule has 4 nitrogen and oxygen atoms in total. The molecule has 0 bridgehead atoms. The Morgan fingerprint density at radius 2 is 1.95 bits per heavy atom. The minimum absolute atomic E-state index is 0.145. The van der Waals surface area contributed by atoms with Crippen molar-refractivity contribution in [3.05, 3.63) is 37.1 Å². The molecule has 0 rings (SSSR count). The molecule has 0 aliphatic rings. The molecule has 0 aromatic rings. The van der Waals surface area contributed by atoms with E-state index in [0.29, 0.717) is 18.2 Å². The molecule has 0 radical (unpaired) electrons. The van der Waals surface area contributed by atoms with Crippen molar-refractivity contribution in [1.82, 2.24) is 4.90 Å². The second-order valence-electron chi connectivity index (χ2n) is 4.90. The Kier molecular flexibility index (Phi) is 9.68. The summed E-state index contributed by atoms with van der Waals surface area (Å²) >= 11 is 0. The predicted molar refractivity (Wildman–Crippen MR) is 86.1 cm³/mol. The Morgan fingerprint density at radius 1 is 1.30 bits per heavy atom. The highest BCUT2D eigenvalue weighted by Crippen LogP contribution is 2.20. The van der Waals surface area contributed by atoms with Crippen LogP contribution in [-0.2, 0) is 9.47 Å². The Labute approximate surface area is 123 Å². The van der Waals surface area contributed by atoms with E-state index in [-0.39, 0.29) is 6.04 Å². The molecule has 0 aromatic carbocycles. The van der Waals surface area contributed by atoms with Gasteiger partial charge in [-0.2, -0.15) is 0 Å². The second-order valence-corrected chi connectivity index (χ2v) is 4.90. The van der Waals surface area contributed by atoms with Crippen LogP contribution in [0.3, 0.4) is 0 Å². The van der Waals surface area contributed by atoms with Crippen LogP contribution in [0.5, 0.6) is 0 Å². The molecule has 4 heteroatoms. The van der Waals surface area contributed by atoms with Gasteiger partial charge in [0.2, 0.25) is 0 Å². The molecule has 0 amide bonds. The van der Waals surface area contributed by atoms with Crippen LogP contribution in [0.25, 0.3) is 0 Å². The molecule has 0 aromatic heterocycles. The van der Waals surface area contributed by atoms with Crippen LogP contribution in [0.2, 0.25) is 0 Å². The number of methoxy groups -OCH3 is 2. The van der Waals surface area contributed by atoms with Gasteiger partial charge in [0.05, 0.1) is 24.7 Å². The zero-order valence-corrected chi connectivity index (χ0v) is 13.3. The SMILES string of the molecule is C=CC(=C)/N=C\N(C)C(C(=C)COC)C(C)CCOC. The van der Waals surface area contributed by atoms with Crippen molar-refractivity contribution in [2.45, 2.75) is 19.4 Å². The molecule has 114 valence electrons. The van der Waals surface area contributed by atoms with E-state index in [4.69, 9.17) is 9.47 Å². The largest absolute Gasteiger partial charge is 0.385 e. The molecular weight excluding hydrogens is 252 g/mol. The number of aliphatic imine (C=N–C) groups is 1. The van der Waals surface area contributed by atoms with Crippen LogP contribution in [0, 0.1) is 5.92 Å². The third kappa shape index (κ3) is 6.68. The lowest BCUT2D eigenvalue weighted by molar-refractivity contribution is 0.156. The zero-order chi connectivity index (χ0) is 15.5. The summed E-state index contributed by atoms with van der Waals surface area (Å²) in [5.74, 6) is 0.381. The molecule has 0 heterocycles. The summed E-state index contributed by atoms with van der Waals surface area (Å²) < 4.78 is 10.4. The van der Waals surface area contributed by atoms with Crippen LogP contribution >= 0.6 is 0 Å². The van der Waals surface area contributed by atoms with Crippen molar-refractivity contribution in [2.75, 3.05) is 34.5 Å². The van der Waals surface area contributed by atoms with Gasteiger partial charge in [0.15, 0.2) is 0 Å². The normalized spacial score (nSPS) is 14.0. The van der Waals surface area contributed by atoms with Gasteiger partial charge in [0.25, 0.3) is 0 Å².